The van der Waals surface area contributed by atoms with E-state index in [9.17, 15) is 9.90 Å². The molecule has 2 N–H and O–H groups in total. The Labute approximate surface area is 140 Å². The average molecular weight is 332 g/mol. The molecule has 0 unspecified atom stereocenters. The number of hydrogen-bond donors (Lipinski definition) is 2. The number of carbonyl (C=O) groups is 1. The molecule has 0 radical (unpaired) electrons. The predicted octanol–water partition coefficient (Wildman–Crippen LogP) is 3.48. The number of phenols is 1. The summed E-state index contributed by atoms with van der Waals surface area (Å²) in [4.78, 5) is 12.6. The second-order valence-corrected chi connectivity index (χ2v) is 6.07. The maximum absolute atomic E-state index is 12.6. The molecule has 3 rings (SSSR count). The fraction of sp³-hybridized carbons (Fsp3) is 0.278. The van der Waals surface area contributed by atoms with Crippen LogP contribution in [0, 0.1) is 0 Å². The van der Waals surface area contributed by atoms with Crippen LogP contribution in [-0.2, 0) is 10.3 Å². The van der Waals surface area contributed by atoms with Crippen molar-refractivity contribution >= 4 is 17.6 Å². The zero-order valence-corrected chi connectivity index (χ0v) is 13.3. The van der Waals surface area contributed by atoms with Crippen LogP contribution in [0.5, 0.6) is 5.75 Å². The lowest BCUT2D eigenvalue weighted by atomic mass is 9.84. The number of rotatable bonds is 3. The van der Waals surface area contributed by atoms with Crippen molar-refractivity contribution in [3.05, 3.63) is 64.7 Å². The molecule has 1 heterocycles. The first-order valence-electron chi connectivity index (χ1n) is 7.59. The van der Waals surface area contributed by atoms with Gasteiger partial charge in [0.15, 0.2) is 0 Å². The molecule has 2 aromatic rings. The summed E-state index contributed by atoms with van der Waals surface area (Å²) in [7, 11) is 0. The van der Waals surface area contributed by atoms with Gasteiger partial charge in [0.25, 0.3) is 0 Å². The molecule has 0 atom stereocenters. The van der Waals surface area contributed by atoms with Crippen molar-refractivity contribution in [2.75, 3.05) is 13.1 Å². The maximum atomic E-state index is 12.6. The number of phenolic OH excluding ortho intramolecular Hbond substituents is 1. The van der Waals surface area contributed by atoms with Crippen molar-refractivity contribution in [1.82, 2.24) is 5.32 Å². The van der Waals surface area contributed by atoms with Crippen LogP contribution in [0.25, 0.3) is 0 Å². The molecule has 5 heteroatoms. The lowest BCUT2D eigenvalue weighted by molar-refractivity contribution is -0.0378. The van der Waals surface area contributed by atoms with Gasteiger partial charge in [-0.3, -0.25) is 0 Å². The summed E-state index contributed by atoms with van der Waals surface area (Å²) in [5.74, 6) is -0.530. The number of halogens is 1. The number of hydrogen-bond acceptors (Lipinski definition) is 4. The number of esters is 1. The van der Waals surface area contributed by atoms with E-state index in [-0.39, 0.29) is 16.3 Å². The Morgan fingerprint density at radius 1 is 1.13 bits per heavy atom. The van der Waals surface area contributed by atoms with E-state index >= 15 is 0 Å². The van der Waals surface area contributed by atoms with E-state index in [4.69, 9.17) is 16.3 Å². The number of carbonyl (C=O) groups excluding carboxylic acids is 1. The van der Waals surface area contributed by atoms with Crippen LogP contribution in [-0.4, -0.2) is 24.2 Å². The van der Waals surface area contributed by atoms with E-state index in [2.05, 4.69) is 5.32 Å². The summed E-state index contributed by atoms with van der Waals surface area (Å²) in [6.45, 7) is 1.55. The largest absolute Gasteiger partial charge is 0.508 e. The van der Waals surface area contributed by atoms with E-state index in [1.54, 1.807) is 0 Å². The highest BCUT2D eigenvalue weighted by Gasteiger charge is 2.38. The second kappa shape index (κ2) is 6.60. The molecule has 0 aromatic heterocycles. The molecule has 0 bridgehead atoms. The first-order valence-corrected chi connectivity index (χ1v) is 7.97. The average Bonchev–Trinajstić information content (AvgIpc) is 2.58. The van der Waals surface area contributed by atoms with Crippen LogP contribution in [0.15, 0.2) is 48.5 Å². The molecular weight excluding hydrogens is 314 g/mol. The van der Waals surface area contributed by atoms with Gasteiger partial charge in [-0.15, -0.1) is 0 Å². The van der Waals surface area contributed by atoms with Gasteiger partial charge in [0.2, 0.25) is 0 Å². The van der Waals surface area contributed by atoms with E-state index in [1.165, 1.54) is 18.2 Å². The minimum atomic E-state index is -0.668. The van der Waals surface area contributed by atoms with Crippen LogP contribution in [0.1, 0.15) is 28.8 Å². The van der Waals surface area contributed by atoms with Gasteiger partial charge in [0.1, 0.15) is 11.4 Å². The van der Waals surface area contributed by atoms with E-state index in [0.29, 0.717) is 12.8 Å². The highest BCUT2D eigenvalue weighted by Crippen LogP contribution is 2.36. The Morgan fingerprint density at radius 3 is 2.52 bits per heavy atom. The van der Waals surface area contributed by atoms with Crippen molar-refractivity contribution < 1.29 is 14.6 Å². The van der Waals surface area contributed by atoms with Gasteiger partial charge in [-0.1, -0.05) is 41.9 Å². The topological polar surface area (TPSA) is 58.6 Å². The number of benzene rings is 2. The zero-order chi connectivity index (χ0) is 16.3. The van der Waals surface area contributed by atoms with Crippen LogP contribution in [0.2, 0.25) is 5.02 Å². The Bertz CT molecular complexity index is 697. The molecule has 1 saturated heterocycles. The van der Waals surface area contributed by atoms with Crippen molar-refractivity contribution in [1.29, 1.82) is 0 Å². The fourth-order valence-corrected chi connectivity index (χ4v) is 3.12. The third kappa shape index (κ3) is 3.33. The highest BCUT2D eigenvalue weighted by molar-refractivity contribution is 6.33. The molecule has 2 aromatic carbocycles. The molecule has 23 heavy (non-hydrogen) atoms. The fourth-order valence-electron chi connectivity index (χ4n) is 2.92. The van der Waals surface area contributed by atoms with Gasteiger partial charge in [0.05, 0.1) is 10.6 Å². The standard InChI is InChI=1S/C18H18ClNO3/c19-16-7-6-14(21)12-15(16)17(22)23-18(8-10-20-11-9-18)13-4-2-1-3-5-13/h1-7,12,20-21H,8-11H2. The minimum absolute atomic E-state index is 0.0135. The second-order valence-electron chi connectivity index (χ2n) is 5.66. The SMILES string of the molecule is O=C(OC1(c2ccccc2)CCNCC1)c1cc(O)ccc1Cl. The summed E-state index contributed by atoms with van der Waals surface area (Å²) in [5.41, 5.74) is 0.491. The Kier molecular flexibility index (Phi) is 4.55. The van der Waals surface area contributed by atoms with Gasteiger partial charge in [-0.2, -0.15) is 0 Å². The first kappa shape index (κ1) is 15.8. The lowest BCUT2D eigenvalue weighted by Crippen LogP contribution is -2.43. The molecule has 120 valence electrons. The molecule has 0 saturated carbocycles. The molecule has 0 amide bonds. The molecule has 1 aliphatic rings. The third-order valence-electron chi connectivity index (χ3n) is 4.17. The normalized spacial score (nSPS) is 16.7. The summed E-state index contributed by atoms with van der Waals surface area (Å²) in [6, 6.07) is 14.0. The van der Waals surface area contributed by atoms with Gasteiger partial charge in [0, 0.05) is 12.8 Å². The van der Waals surface area contributed by atoms with Crippen molar-refractivity contribution in [2.45, 2.75) is 18.4 Å². The molecule has 1 aliphatic heterocycles. The van der Waals surface area contributed by atoms with E-state index in [1.807, 2.05) is 30.3 Å². The third-order valence-corrected chi connectivity index (χ3v) is 4.50. The smallest absolute Gasteiger partial charge is 0.340 e. The Balaban J connectivity index is 1.93. The molecular formula is C18H18ClNO3. The number of piperidine rings is 1. The van der Waals surface area contributed by atoms with Crippen molar-refractivity contribution in [2.24, 2.45) is 0 Å². The molecule has 1 fully saturated rings. The summed E-state index contributed by atoms with van der Waals surface area (Å²) < 4.78 is 5.91. The van der Waals surface area contributed by atoms with Gasteiger partial charge in [-0.05, 0) is 36.9 Å². The van der Waals surface area contributed by atoms with E-state index in [0.717, 1.165) is 18.7 Å². The monoisotopic (exact) mass is 331 g/mol. The van der Waals surface area contributed by atoms with Crippen molar-refractivity contribution in [3.63, 3.8) is 0 Å². The molecule has 4 nitrogen and oxygen atoms in total. The van der Waals surface area contributed by atoms with Crippen LogP contribution < -0.4 is 5.32 Å². The lowest BCUT2D eigenvalue weighted by Gasteiger charge is -2.37. The van der Waals surface area contributed by atoms with E-state index < -0.39 is 11.6 Å². The highest BCUT2D eigenvalue weighted by atomic mass is 35.5. The predicted molar refractivity (Wildman–Crippen MR) is 88.8 cm³/mol. The Hall–Kier alpha value is -2.04. The summed E-state index contributed by atoms with van der Waals surface area (Å²) >= 11 is 6.08. The number of aromatic hydroxyl groups is 1. The minimum Gasteiger partial charge on any atom is -0.508 e. The summed E-state index contributed by atoms with van der Waals surface area (Å²) in [6.07, 6.45) is 1.39. The number of nitrogens with one attached hydrogen (secondary N) is 1. The van der Waals surface area contributed by atoms with Crippen LogP contribution in [0.4, 0.5) is 0 Å². The quantitative estimate of drug-likeness (QED) is 0.845. The first-order chi connectivity index (χ1) is 11.1. The van der Waals surface area contributed by atoms with Gasteiger partial charge in [-0.25, -0.2) is 4.79 Å². The molecule has 0 aliphatic carbocycles. The zero-order valence-electron chi connectivity index (χ0n) is 12.6. The van der Waals surface area contributed by atoms with Crippen LogP contribution in [0.3, 0.4) is 0 Å². The van der Waals surface area contributed by atoms with Gasteiger partial charge >= 0.3 is 5.97 Å². The van der Waals surface area contributed by atoms with Gasteiger partial charge < -0.3 is 15.2 Å². The van der Waals surface area contributed by atoms with Crippen LogP contribution >= 0.6 is 11.6 Å². The maximum Gasteiger partial charge on any atom is 0.340 e. The summed E-state index contributed by atoms with van der Waals surface area (Å²) in [5, 5.41) is 13.2. The Morgan fingerprint density at radius 2 is 1.83 bits per heavy atom. The molecule has 0 spiro atoms. The number of ether oxygens (including phenoxy) is 1. The van der Waals surface area contributed by atoms with Crippen molar-refractivity contribution in [3.8, 4) is 5.75 Å².